The van der Waals surface area contributed by atoms with Crippen LogP contribution in [0.4, 0.5) is 5.82 Å². The number of hydrogen-bond acceptors (Lipinski definition) is 5. The van der Waals surface area contributed by atoms with Gasteiger partial charge in [-0.3, -0.25) is 4.79 Å². The summed E-state index contributed by atoms with van der Waals surface area (Å²) in [4.78, 5) is 24.7. The lowest BCUT2D eigenvalue weighted by molar-refractivity contribution is -0.137. The van der Waals surface area contributed by atoms with Crippen LogP contribution in [0.15, 0.2) is 6.07 Å². The molecule has 1 aromatic heterocycles. The number of anilines is 1. The second-order valence-electron chi connectivity index (χ2n) is 6.68. The zero-order valence-electron chi connectivity index (χ0n) is 13.9. The fourth-order valence-corrected chi connectivity index (χ4v) is 3.65. The largest absolute Gasteiger partial charge is 0.481 e. The van der Waals surface area contributed by atoms with Crippen molar-refractivity contribution in [2.75, 3.05) is 37.6 Å². The molecule has 6 nitrogen and oxygen atoms in total. The first-order valence-corrected chi connectivity index (χ1v) is 8.66. The Kier molecular flexibility index (Phi) is 5.10. The molecule has 3 heterocycles. The van der Waals surface area contributed by atoms with Gasteiger partial charge in [-0.15, -0.1) is 0 Å². The monoisotopic (exact) mass is 318 g/mol. The van der Waals surface area contributed by atoms with Gasteiger partial charge in [-0.1, -0.05) is 0 Å². The van der Waals surface area contributed by atoms with Gasteiger partial charge in [-0.2, -0.15) is 0 Å². The molecule has 23 heavy (non-hydrogen) atoms. The molecule has 3 rings (SSSR count). The van der Waals surface area contributed by atoms with E-state index in [1.54, 1.807) is 0 Å². The predicted molar refractivity (Wildman–Crippen MR) is 88.9 cm³/mol. The maximum absolute atomic E-state index is 10.8. The smallest absolute Gasteiger partial charge is 0.304 e. The lowest BCUT2D eigenvalue weighted by Crippen LogP contribution is -2.36. The summed E-state index contributed by atoms with van der Waals surface area (Å²) >= 11 is 0. The Morgan fingerprint density at radius 3 is 2.78 bits per heavy atom. The topological polar surface area (TPSA) is 69.6 Å². The van der Waals surface area contributed by atoms with Crippen molar-refractivity contribution in [3.05, 3.63) is 17.6 Å². The Morgan fingerprint density at radius 2 is 2.04 bits per heavy atom. The standard InChI is InChI=1S/C17H26N4O2/c1-13-18-15(11-16(19-13)21-8-2-3-9-21)14-5-4-7-20(12-14)10-6-17(22)23/h11,14H,2-10,12H2,1H3,(H,22,23). The van der Waals surface area contributed by atoms with Crippen LogP contribution in [0, 0.1) is 6.92 Å². The maximum Gasteiger partial charge on any atom is 0.304 e. The molecule has 2 fully saturated rings. The van der Waals surface area contributed by atoms with E-state index in [1.807, 2.05) is 6.92 Å². The van der Waals surface area contributed by atoms with Gasteiger partial charge < -0.3 is 14.9 Å². The van der Waals surface area contributed by atoms with Crippen molar-refractivity contribution in [2.24, 2.45) is 0 Å². The number of nitrogens with zero attached hydrogens (tertiary/aromatic N) is 4. The number of piperidine rings is 1. The number of carboxylic acid groups (broad SMARTS) is 1. The lowest BCUT2D eigenvalue weighted by atomic mass is 9.94. The summed E-state index contributed by atoms with van der Waals surface area (Å²) in [7, 11) is 0. The fourth-order valence-electron chi connectivity index (χ4n) is 3.65. The normalized spacial score (nSPS) is 22.5. The van der Waals surface area contributed by atoms with Crippen LogP contribution in [0.25, 0.3) is 0 Å². The van der Waals surface area contributed by atoms with E-state index in [2.05, 4.69) is 25.8 Å². The molecule has 2 aliphatic heterocycles. The van der Waals surface area contributed by atoms with Crippen LogP contribution in [0.2, 0.25) is 0 Å². The van der Waals surface area contributed by atoms with Crippen LogP contribution in [0.3, 0.4) is 0 Å². The Morgan fingerprint density at radius 1 is 1.26 bits per heavy atom. The minimum atomic E-state index is -0.721. The lowest BCUT2D eigenvalue weighted by Gasteiger charge is -2.32. The van der Waals surface area contributed by atoms with Gasteiger partial charge in [0.25, 0.3) is 0 Å². The van der Waals surface area contributed by atoms with Gasteiger partial charge >= 0.3 is 5.97 Å². The van der Waals surface area contributed by atoms with Gasteiger partial charge in [-0.25, -0.2) is 9.97 Å². The van der Waals surface area contributed by atoms with Gasteiger partial charge in [0, 0.05) is 38.2 Å². The molecular weight excluding hydrogens is 292 g/mol. The number of aryl methyl sites for hydroxylation is 1. The third kappa shape index (κ3) is 4.19. The molecular formula is C17H26N4O2. The summed E-state index contributed by atoms with van der Waals surface area (Å²) in [5, 5.41) is 8.87. The third-order valence-electron chi connectivity index (χ3n) is 4.84. The van der Waals surface area contributed by atoms with Crippen LogP contribution < -0.4 is 4.90 Å². The van der Waals surface area contributed by atoms with Crippen molar-refractivity contribution in [3.63, 3.8) is 0 Å². The van der Waals surface area contributed by atoms with Crippen molar-refractivity contribution in [3.8, 4) is 0 Å². The molecule has 1 unspecified atom stereocenters. The van der Waals surface area contributed by atoms with E-state index in [-0.39, 0.29) is 6.42 Å². The SMILES string of the molecule is Cc1nc(C2CCCN(CCC(=O)O)C2)cc(N2CCCC2)n1. The van der Waals surface area contributed by atoms with Gasteiger partial charge in [-0.05, 0) is 39.2 Å². The van der Waals surface area contributed by atoms with E-state index >= 15 is 0 Å². The Labute approximate surface area is 137 Å². The first-order valence-electron chi connectivity index (χ1n) is 8.66. The van der Waals surface area contributed by atoms with Gasteiger partial charge in [0.15, 0.2) is 0 Å². The van der Waals surface area contributed by atoms with Crippen LogP contribution in [-0.4, -0.2) is 58.7 Å². The molecule has 0 bridgehead atoms. The number of carboxylic acids is 1. The second kappa shape index (κ2) is 7.25. The zero-order valence-corrected chi connectivity index (χ0v) is 13.9. The molecule has 1 N–H and O–H groups in total. The maximum atomic E-state index is 10.8. The van der Waals surface area contributed by atoms with Crippen molar-refractivity contribution < 1.29 is 9.90 Å². The van der Waals surface area contributed by atoms with E-state index in [1.165, 1.54) is 12.8 Å². The molecule has 0 amide bonds. The summed E-state index contributed by atoms with van der Waals surface area (Å²) in [6.07, 6.45) is 4.93. The van der Waals surface area contributed by atoms with Crippen molar-refractivity contribution in [2.45, 2.75) is 44.9 Å². The predicted octanol–water partition coefficient (Wildman–Crippen LogP) is 2.04. The second-order valence-corrected chi connectivity index (χ2v) is 6.68. The molecule has 0 saturated carbocycles. The number of aliphatic carboxylic acids is 1. The molecule has 0 spiro atoms. The molecule has 6 heteroatoms. The van der Waals surface area contributed by atoms with Crippen molar-refractivity contribution in [1.82, 2.24) is 14.9 Å². The first-order chi connectivity index (χ1) is 11.1. The summed E-state index contributed by atoms with van der Waals surface area (Å²) in [5.41, 5.74) is 1.12. The van der Waals surface area contributed by atoms with Crippen molar-refractivity contribution >= 4 is 11.8 Å². The Hall–Kier alpha value is -1.69. The van der Waals surface area contributed by atoms with E-state index < -0.39 is 5.97 Å². The number of likely N-dealkylation sites (tertiary alicyclic amines) is 1. The van der Waals surface area contributed by atoms with Crippen molar-refractivity contribution in [1.29, 1.82) is 0 Å². The van der Waals surface area contributed by atoms with E-state index in [0.29, 0.717) is 12.5 Å². The number of hydrogen-bond donors (Lipinski definition) is 1. The highest BCUT2D eigenvalue weighted by molar-refractivity contribution is 5.66. The summed E-state index contributed by atoms with van der Waals surface area (Å²) in [6.45, 7) is 6.68. The highest BCUT2D eigenvalue weighted by atomic mass is 16.4. The highest BCUT2D eigenvalue weighted by Gasteiger charge is 2.24. The molecule has 1 atom stereocenters. The molecule has 0 aromatic carbocycles. The Balaban J connectivity index is 1.71. The van der Waals surface area contributed by atoms with Gasteiger partial charge in [0.05, 0.1) is 12.1 Å². The van der Waals surface area contributed by atoms with E-state index in [0.717, 1.165) is 56.4 Å². The van der Waals surface area contributed by atoms with Gasteiger partial charge in [0.2, 0.25) is 0 Å². The van der Waals surface area contributed by atoms with Gasteiger partial charge in [0.1, 0.15) is 11.6 Å². The zero-order chi connectivity index (χ0) is 16.2. The summed E-state index contributed by atoms with van der Waals surface area (Å²) < 4.78 is 0. The molecule has 0 aliphatic carbocycles. The number of aromatic nitrogens is 2. The van der Waals surface area contributed by atoms with Crippen LogP contribution in [0.1, 0.15) is 49.5 Å². The minimum absolute atomic E-state index is 0.217. The summed E-state index contributed by atoms with van der Waals surface area (Å²) in [6, 6.07) is 2.16. The average molecular weight is 318 g/mol. The quantitative estimate of drug-likeness (QED) is 0.896. The van der Waals surface area contributed by atoms with E-state index in [4.69, 9.17) is 5.11 Å². The van der Waals surface area contributed by atoms with Crippen LogP contribution in [-0.2, 0) is 4.79 Å². The average Bonchev–Trinajstić information content (AvgIpc) is 3.07. The minimum Gasteiger partial charge on any atom is -0.481 e. The summed E-state index contributed by atoms with van der Waals surface area (Å²) in [5.74, 6) is 1.57. The van der Waals surface area contributed by atoms with Crippen LogP contribution in [0.5, 0.6) is 0 Å². The molecule has 1 aromatic rings. The molecule has 126 valence electrons. The van der Waals surface area contributed by atoms with E-state index in [9.17, 15) is 4.79 Å². The third-order valence-corrected chi connectivity index (χ3v) is 4.84. The Bertz CT molecular complexity index is 558. The number of rotatable bonds is 5. The van der Waals surface area contributed by atoms with Crippen LogP contribution >= 0.6 is 0 Å². The fraction of sp³-hybridized carbons (Fsp3) is 0.706. The molecule has 2 aliphatic rings. The molecule has 2 saturated heterocycles. The highest BCUT2D eigenvalue weighted by Crippen LogP contribution is 2.28. The first kappa shape index (κ1) is 16.2. The number of carbonyl (C=O) groups is 1. The molecule has 0 radical (unpaired) electrons.